The second kappa shape index (κ2) is 9.99. The topological polar surface area (TPSA) is 88.6 Å². The SMILES string of the molecule is COc1ccc(Cc2nc3ccc(C(=O)N/N=C\c4cccc(OC(C)C)c4)cc3[nH]2)cc1. The van der Waals surface area contributed by atoms with Crippen LogP contribution in [0.2, 0.25) is 0 Å². The van der Waals surface area contributed by atoms with Gasteiger partial charge < -0.3 is 14.5 Å². The van der Waals surface area contributed by atoms with Gasteiger partial charge in [0.05, 0.1) is 30.5 Å². The molecule has 0 saturated carbocycles. The molecule has 0 aliphatic carbocycles. The van der Waals surface area contributed by atoms with E-state index in [-0.39, 0.29) is 12.0 Å². The summed E-state index contributed by atoms with van der Waals surface area (Å²) in [5.74, 6) is 2.11. The molecule has 33 heavy (non-hydrogen) atoms. The number of rotatable bonds is 8. The molecule has 1 aromatic heterocycles. The molecular weight excluding hydrogens is 416 g/mol. The Kier molecular flexibility index (Phi) is 6.69. The van der Waals surface area contributed by atoms with E-state index in [1.165, 1.54) is 0 Å². The van der Waals surface area contributed by atoms with Crippen LogP contribution in [0.3, 0.4) is 0 Å². The monoisotopic (exact) mass is 442 g/mol. The number of hydrogen-bond acceptors (Lipinski definition) is 5. The van der Waals surface area contributed by atoms with E-state index >= 15 is 0 Å². The Balaban J connectivity index is 1.41. The molecule has 0 bridgehead atoms. The Morgan fingerprint density at radius 2 is 1.91 bits per heavy atom. The van der Waals surface area contributed by atoms with E-state index in [2.05, 4.69) is 20.5 Å². The lowest BCUT2D eigenvalue weighted by molar-refractivity contribution is 0.0955. The fraction of sp³-hybridized carbons (Fsp3) is 0.192. The van der Waals surface area contributed by atoms with Crippen molar-refractivity contribution in [2.24, 2.45) is 5.10 Å². The van der Waals surface area contributed by atoms with Crippen LogP contribution >= 0.6 is 0 Å². The summed E-state index contributed by atoms with van der Waals surface area (Å²) < 4.78 is 10.9. The van der Waals surface area contributed by atoms with Crippen LogP contribution in [0.5, 0.6) is 11.5 Å². The van der Waals surface area contributed by atoms with Gasteiger partial charge in [0.1, 0.15) is 17.3 Å². The van der Waals surface area contributed by atoms with Crippen molar-refractivity contribution in [1.82, 2.24) is 15.4 Å². The molecule has 2 N–H and O–H groups in total. The molecule has 0 saturated heterocycles. The van der Waals surface area contributed by atoms with Crippen LogP contribution in [0.25, 0.3) is 11.0 Å². The van der Waals surface area contributed by atoms with Crippen LogP contribution in [0.4, 0.5) is 0 Å². The average Bonchev–Trinajstić information content (AvgIpc) is 3.21. The van der Waals surface area contributed by atoms with Crippen LogP contribution in [-0.2, 0) is 6.42 Å². The molecule has 0 unspecified atom stereocenters. The summed E-state index contributed by atoms with van der Waals surface area (Å²) in [6.07, 6.45) is 2.34. The molecule has 1 heterocycles. The Bertz CT molecular complexity index is 1280. The molecular formula is C26H26N4O3. The van der Waals surface area contributed by atoms with Gasteiger partial charge in [-0.1, -0.05) is 24.3 Å². The number of hydrogen-bond donors (Lipinski definition) is 2. The Hall–Kier alpha value is -4.13. The molecule has 4 aromatic rings. The summed E-state index contributed by atoms with van der Waals surface area (Å²) in [7, 11) is 1.65. The van der Waals surface area contributed by atoms with E-state index in [0.29, 0.717) is 12.0 Å². The minimum Gasteiger partial charge on any atom is -0.497 e. The first-order valence-electron chi connectivity index (χ1n) is 10.7. The third kappa shape index (κ3) is 5.77. The molecule has 168 valence electrons. The van der Waals surface area contributed by atoms with Crippen molar-refractivity contribution in [3.05, 3.63) is 89.2 Å². The van der Waals surface area contributed by atoms with E-state index in [0.717, 1.165) is 39.5 Å². The highest BCUT2D eigenvalue weighted by atomic mass is 16.5. The van der Waals surface area contributed by atoms with Gasteiger partial charge in [-0.25, -0.2) is 10.4 Å². The smallest absolute Gasteiger partial charge is 0.271 e. The quantitative estimate of drug-likeness (QED) is 0.305. The Morgan fingerprint density at radius 1 is 1.09 bits per heavy atom. The Morgan fingerprint density at radius 3 is 2.67 bits per heavy atom. The highest BCUT2D eigenvalue weighted by Gasteiger charge is 2.09. The zero-order valence-electron chi connectivity index (χ0n) is 18.8. The molecule has 4 rings (SSSR count). The summed E-state index contributed by atoms with van der Waals surface area (Å²) in [5, 5.41) is 4.08. The number of fused-ring (bicyclic) bond motifs is 1. The summed E-state index contributed by atoms with van der Waals surface area (Å²) >= 11 is 0. The second-order valence-electron chi connectivity index (χ2n) is 7.88. The van der Waals surface area contributed by atoms with Gasteiger partial charge in [0, 0.05) is 12.0 Å². The van der Waals surface area contributed by atoms with Crippen LogP contribution in [0.15, 0.2) is 71.8 Å². The van der Waals surface area contributed by atoms with Gasteiger partial charge in [0.15, 0.2) is 0 Å². The number of carbonyl (C=O) groups is 1. The molecule has 0 atom stereocenters. The highest BCUT2D eigenvalue weighted by molar-refractivity contribution is 5.97. The minimum absolute atomic E-state index is 0.0889. The van der Waals surface area contributed by atoms with E-state index in [9.17, 15) is 4.79 Å². The van der Waals surface area contributed by atoms with Gasteiger partial charge in [-0.3, -0.25) is 4.79 Å². The molecule has 7 heteroatoms. The summed E-state index contributed by atoms with van der Waals surface area (Å²) in [6, 6.07) is 20.7. The summed E-state index contributed by atoms with van der Waals surface area (Å²) in [4.78, 5) is 20.5. The number of aromatic amines is 1. The fourth-order valence-corrected chi connectivity index (χ4v) is 3.39. The number of hydrazone groups is 1. The van der Waals surface area contributed by atoms with E-state index in [1.54, 1.807) is 25.5 Å². The maximum Gasteiger partial charge on any atom is 0.271 e. The van der Waals surface area contributed by atoms with Gasteiger partial charge in [-0.15, -0.1) is 0 Å². The van der Waals surface area contributed by atoms with Gasteiger partial charge in [0.25, 0.3) is 5.91 Å². The number of nitrogens with zero attached hydrogens (tertiary/aromatic N) is 2. The summed E-state index contributed by atoms with van der Waals surface area (Å²) in [5.41, 5.74) is 6.63. The van der Waals surface area contributed by atoms with Crippen LogP contribution in [0.1, 0.15) is 41.2 Å². The molecule has 0 aliphatic rings. The van der Waals surface area contributed by atoms with Crippen molar-refractivity contribution >= 4 is 23.2 Å². The standard InChI is InChI=1S/C26H26N4O3/c1-17(2)33-22-6-4-5-19(13-22)16-27-30-26(31)20-9-12-23-24(15-20)29-25(28-23)14-18-7-10-21(32-3)11-8-18/h4-13,15-17H,14H2,1-3H3,(H,28,29)(H,30,31)/b27-16-. The number of methoxy groups -OCH3 is 1. The number of H-pyrrole nitrogens is 1. The number of aromatic nitrogens is 2. The molecule has 0 fully saturated rings. The first-order valence-corrected chi connectivity index (χ1v) is 10.7. The number of carbonyl (C=O) groups excluding carboxylic acids is 1. The normalized spacial score (nSPS) is 11.3. The first kappa shape index (κ1) is 22.1. The number of ether oxygens (including phenoxy) is 2. The third-order valence-electron chi connectivity index (χ3n) is 4.93. The van der Waals surface area contributed by atoms with Gasteiger partial charge in [-0.2, -0.15) is 5.10 Å². The molecule has 0 radical (unpaired) electrons. The zero-order chi connectivity index (χ0) is 23.2. The van der Waals surface area contributed by atoms with Crippen molar-refractivity contribution in [3.63, 3.8) is 0 Å². The van der Waals surface area contributed by atoms with Crippen molar-refractivity contribution < 1.29 is 14.3 Å². The maximum atomic E-state index is 12.6. The molecule has 3 aromatic carbocycles. The Labute approximate surface area is 192 Å². The van der Waals surface area contributed by atoms with Gasteiger partial charge >= 0.3 is 0 Å². The average molecular weight is 443 g/mol. The predicted molar refractivity (Wildman–Crippen MR) is 129 cm³/mol. The number of nitrogens with one attached hydrogen (secondary N) is 2. The molecule has 0 spiro atoms. The number of amides is 1. The number of benzene rings is 3. The highest BCUT2D eigenvalue weighted by Crippen LogP contribution is 2.18. The van der Waals surface area contributed by atoms with Crippen molar-refractivity contribution in [1.29, 1.82) is 0 Å². The lowest BCUT2D eigenvalue weighted by Crippen LogP contribution is -2.17. The molecule has 7 nitrogen and oxygen atoms in total. The summed E-state index contributed by atoms with van der Waals surface area (Å²) in [6.45, 7) is 3.94. The first-order chi connectivity index (χ1) is 16.0. The third-order valence-corrected chi connectivity index (χ3v) is 4.93. The lowest BCUT2D eigenvalue weighted by Gasteiger charge is -2.09. The largest absolute Gasteiger partial charge is 0.497 e. The van der Waals surface area contributed by atoms with E-state index in [4.69, 9.17) is 9.47 Å². The fourth-order valence-electron chi connectivity index (χ4n) is 3.39. The van der Waals surface area contributed by atoms with Gasteiger partial charge in [0.2, 0.25) is 0 Å². The van der Waals surface area contributed by atoms with Crippen molar-refractivity contribution in [3.8, 4) is 11.5 Å². The number of imidazole rings is 1. The van der Waals surface area contributed by atoms with Crippen molar-refractivity contribution in [2.75, 3.05) is 7.11 Å². The van der Waals surface area contributed by atoms with Crippen LogP contribution in [-0.4, -0.2) is 35.3 Å². The predicted octanol–water partition coefficient (Wildman–Crippen LogP) is 4.71. The van der Waals surface area contributed by atoms with E-state index in [1.807, 2.05) is 68.4 Å². The second-order valence-corrected chi connectivity index (χ2v) is 7.88. The molecule has 0 aliphatic heterocycles. The maximum absolute atomic E-state index is 12.6. The van der Waals surface area contributed by atoms with Crippen molar-refractivity contribution in [2.45, 2.75) is 26.4 Å². The lowest BCUT2D eigenvalue weighted by atomic mass is 10.1. The minimum atomic E-state index is -0.297. The van der Waals surface area contributed by atoms with Crippen LogP contribution < -0.4 is 14.9 Å². The van der Waals surface area contributed by atoms with Crippen LogP contribution in [0, 0.1) is 0 Å². The molecule has 1 amide bonds. The zero-order valence-corrected chi connectivity index (χ0v) is 18.8. The van der Waals surface area contributed by atoms with Gasteiger partial charge in [-0.05, 0) is 67.4 Å². The van der Waals surface area contributed by atoms with E-state index < -0.39 is 0 Å².